The molecule has 0 bridgehead atoms. The summed E-state index contributed by atoms with van der Waals surface area (Å²) >= 11 is 0. The summed E-state index contributed by atoms with van der Waals surface area (Å²) in [5, 5.41) is 0. The van der Waals surface area contributed by atoms with E-state index >= 15 is 0 Å². The van der Waals surface area contributed by atoms with Gasteiger partial charge < -0.3 is 28.7 Å². The van der Waals surface area contributed by atoms with Crippen LogP contribution < -0.4 is 14.7 Å². The van der Waals surface area contributed by atoms with E-state index in [1.165, 1.54) is 0 Å². The molecule has 0 aromatic carbocycles. The van der Waals surface area contributed by atoms with Crippen LogP contribution >= 0.6 is 0 Å². The second-order valence-electron chi connectivity index (χ2n) is 7.13. The third-order valence-corrected chi connectivity index (χ3v) is 3.75. The minimum absolute atomic E-state index is 0.141. The van der Waals surface area contributed by atoms with Crippen molar-refractivity contribution < 1.29 is 18.9 Å². The molecule has 162 valence electrons. The van der Waals surface area contributed by atoms with Gasteiger partial charge in [0.1, 0.15) is 26.9 Å². The molecule has 0 aliphatic rings. The van der Waals surface area contributed by atoms with Crippen molar-refractivity contribution in [3.05, 3.63) is 0 Å². The first-order chi connectivity index (χ1) is 13.4. The van der Waals surface area contributed by atoms with E-state index in [9.17, 15) is 0 Å². The molecule has 0 fully saturated rings. The van der Waals surface area contributed by atoms with Crippen LogP contribution in [0.25, 0.3) is 0 Å². The van der Waals surface area contributed by atoms with Gasteiger partial charge in [0.25, 0.3) is 0 Å². The van der Waals surface area contributed by atoms with Crippen molar-refractivity contribution in [3.63, 3.8) is 0 Å². The van der Waals surface area contributed by atoms with Crippen LogP contribution in [0.3, 0.4) is 0 Å². The van der Waals surface area contributed by atoms with Gasteiger partial charge in [-0.2, -0.15) is 15.0 Å². The van der Waals surface area contributed by atoms with E-state index in [4.69, 9.17) is 23.9 Å². The highest BCUT2D eigenvalue weighted by Gasteiger charge is 2.22. The molecule has 1 rings (SSSR count). The molecular formula is C18H36N6O4. The van der Waals surface area contributed by atoms with Crippen LogP contribution in [-0.2, 0) is 18.9 Å². The zero-order chi connectivity index (χ0) is 21.1. The molecule has 0 aliphatic carbocycles. The van der Waals surface area contributed by atoms with Gasteiger partial charge in [-0.3, -0.25) is 4.90 Å². The zero-order valence-corrected chi connectivity index (χ0v) is 18.5. The van der Waals surface area contributed by atoms with Crippen molar-refractivity contribution in [1.29, 1.82) is 0 Å². The molecule has 0 saturated carbocycles. The second kappa shape index (κ2) is 12.7. The number of nitrogens with zero attached hydrogens (tertiary/aromatic N) is 6. The predicted octanol–water partition coefficient (Wildman–Crippen LogP) is 1.77. The topological polar surface area (TPSA) is 85.3 Å². The number of rotatable bonds is 14. The van der Waals surface area contributed by atoms with E-state index in [0.29, 0.717) is 37.2 Å². The van der Waals surface area contributed by atoms with Gasteiger partial charge in [-0.05, 0) is 19.8 Å². The van der Waals surface area contributed by atoms with E-state index in [2.05, 4.69) is 37.7 Å². The number of aromatic nitrogens is 3. The molecule has 1 heterocycles. The van der Waals surface area contributed by atoms with Crippen LogP contribution in [0.1, 0.15) is 27.7 Å². The molecular weight excluding hydrogens is 364 g/mol. The molecule has 0 N–H and O–H groups in total. The zero-order valence-electron chi connectivity index (χ0n) is 18.5. The van der Waals surface area contributed by atoms with E-state index in [0.717, 1.165) is 6.54 Å². The number of ether oxygens (including phenoxy) is 4. The Morgan fingerprint density at radius 3 is 1.50 bits per heavy atom. The van der Waals surface area contributed by atoms with Crippen LogP contribution in [0.4, 0.5) is 17.8 Å². The van der Waals surface area contributed by atoms with Gasteiger partial charge in [0.15, 0.2) is 0 Å². The highest BCUT2D eigenvalue weighted by Crippen LogP contribution is 2.21. The molecule has 0 aliphatic heterocycles. The average Bonchev–Trinajstić information content (AvgIpc) is 2.64. The molecule has 0 amide bonds. The summed E-state index contributed by atoms with van der Waals surface area (Å²) in [7, 11) is 6.54. The number of hydrogen-bond donors (Lipinski definition) is 0. The predicted molar refractivity (Wildman–Crippen MR) is 110 cm³/mol. The van der Waals surface area contributed by atoms with Gasteiger partial charge in [0.2, 0.25) is 17.8 Å². The Hall–Kier alpha value is -1.75. The standard InChI is InChI=1S/C18H36N6O4/c1-14(2)9-22(10-25-5)16-19-17(23(11-26-6)12-27-7)21-18(20-16)24(13-28-8)15(3)4/h14-15H,9-13H2,1-8H3. The molecule has 1 aromatic heterocycles. The first kappa shape index (κ1) is 24.3. The summed E-state index contributed by atoms with van der Waals surface area (Å²) in [4.78, 5) is 19.8. The van der Waals surface area contributed by atoms with E-state index < -0.39 is 0 Å². The maximum atomic E-state index is 5.37. The number of anilines is 3. The minimum Gasteiger partial charge on any atom is -0.364 e. The van der Waals surface area contributed by atoms with Gasteiger partial charge in [0, 0.05) is 41.0 Å². The Balaban J connectivity index is 3.46. The fourth-order valence-corrected chi connectivity index (χ4v) is 2.58. The lowest BCUT2D eigenvalue weighted by Crippen LogP contribution is -2.38. The Labute approximate surface area is 168 Å². The lowest BCUT2D eigenvalue weighted by atomic mass is 10.2. The van der Waals surface area contributed by atoms with Crippen molar-refractivity contribution in [1.82, 2.24) is 15.0 Å². The van der Waals surface area contributed by atoms with E-state index in [1.54, 1.807) is 33.3 Å². The second-order valence-corrected chi connectivity index (χ2v) is 7.13. The summed E-state index contributed by atoms with van der Waals surface area (Å²) < 4.78 is 21.3. The maximum absolute atomic E-state index is 5.37. The van der Waals surface area contributed by atoms with Crippen LogP contribution in [0.15, 0.2) is 0 Å². The molecule has 28 heavy (non-hydrogen) atoms. The third-order valence-electron chi connectivity index (χ3n) is 3.75. The van der Waals surface area contributed by atoms with E-state index in [1.807, 2.05) is 9.80 Å². The van der Waals surface area contributed by atoms with Gasteiger partial charge in [-0.25, -0.2) is 0 Å². The normalized spacial score (nSPS) is 11.4. The summed E-state index contributed by atoms with van der Waals surface area (Å²) in [5.74, 6) is 1.94. The quantitative estimate of drug-likeness (QED) is 0.431. The molecule has 0 saturated heterocycles. The molecule has 0 atom stereocenters. The fraction of sp³-hybridized carbons (Fsp3) is 0.833. The SMILES string of the molecule is COCN(COC)c1nc(N(COC)CC(C)C)nc(N(COC)C(C)C)n1. The van der Waals surface area contributed by atoms with Gasteiger partial charge in [-0.1, -0.05) is 13.8 Å². The summed E-state index contributed by atoms with van der Waals surface area (Å²) in [5.41, 5.74) is 0. The van der Waals surface area contributed by atoms with Crippen molar-refractivity contribution in [2.75, 3.05) is 76.6 Å². The number of methoxy groups -OCH3 is 4. The fourth-order valence-electron chi connectivity index (χ4n) is 2.58. The maximum Gasteiger partial charge on any atom is 0.235 e. The lowest BCUT2D eigenvalue weighted by Gasteiger charge is -2.30. The van der Waals surface area contributed by atoms with Crippen LogP contribution in [0.5, 0.6) is 0 Å². The molecule has 0 spiro atoms. The summed E-state index contributed by atoms with van der Waals surface area (Å²) in [6.07, 6.45) is 0. The molecule has 1 aromatic rings. The minimum atomic E-state index is 0.141. The molecule has 10 nitrogen and oxygen atoms in total. The molecule has 0 unspecified atom stereocenters. The number of hydrogen-bond acceptors (Lipinski definition) is 10. The highest BCUT2D eigenvalue weighted by atomic mass is 16.5. The summed E-state index contributed by atoms with van der Waals surface area (Å²) in [6.45, 7) is 10.5. The summed E-state index contributed by atoms with van der Waals surface area (Å²) in [6, 6.07) is 0.141. The average molecular weight is 401 g/mol. The Morgan fingerprint density at radius 2 is 1.07 bits per heavy atom. The Morgan fingerprint density at radius 1 is 0.643 bits per heavy atom. The molecule has 0 radical (unpaired) electrons. The van der Waals surface area contributed by atoms with E-state index in [-0.39, 0.29) is 19.5 Å². The third kappa shape index (κ3) is 7.34. The van der Waals surface area contributed by atoms with Crippen molar-refractivity contribution in [2.45, 2.75) is 33.7 Å². The lowest BCUT2D eigenvalue weighted by molar-refractivity contribution is 0.138. The van der Waals surface area contributed by atoms with Crippen molar-refractivity contribution in [3.8, 4) is 0 Å². The first-order valence-electron chi connectivity index (χ1n) is 9.36. The van der Waals surface area contributed by atoms with Gasteiger partial charge in [-0.15, -0.1) is 0 Å². The first-order valence-corrected chi connectivity index (χ1v) is 9.36. The smallest absolute Gasteiger partial charge is 0.235 e. The van der Waals surface area contributed by atoms with Crippen LogP contribution in [0.2, 0.25) is 0 Å². The monoisotopic (exact) mass is 400 g/mol. The largest absolute Gasteiger partial charge is 0.364 e. The van der Waals surface area contributed by atoms with Crippen LogP contribution in [-0.4, -0.2) is 82.9 Å². The van der Waals surface area contributed by atoms with Crippen LogP contribution in [0, 0.1) is 5.92 Å². The van der Waals surface area contributed by atoms with Gasteiger partial charge in [0.05, 0.1) is 0 Å². The Bertz CT molecular complexity index is 555. The van der Waals surface area contributed by atoms with Crippen molar-refractivity contribution in [2.24, 2.45) is 5.92 Å². The molecule has 10 heteroatoms. The Kier molecular flexibility index (Phi) is 11.0. The highest BCUT2D eigenvalue weighted by molar-refractivity contribution is 5.46. The van der Waals surface area contributed by atoms with Crippen molar-refractivity contribution >= 4 is 17.8 Å². The van der Waals surface area contributed by atoms with Gasteiger partial charge >= 0.3 is 0 Å².